The number of nitrogens with one attached hydrogen (secondary N) is 1. The van der Waals surface area contributed by atoms with Crippen LogP contribution < -0.4 is 5.32 Å². The molecule has 30 heavy (non-hydrogen) atoms. The van der Waals surface area contributed by atoms with Crippen LogP contribution in [0.25, 0.3) is 0 Å². The summed E-state index contributed by atoms with van der Waals surface area (Å²) in [6.45, 7) is 1.94. The first-order valence-electron chi connectivity index (χ1n) is 9.21. The van der Waals surface area contributed by atoms with Gasteiger partial charge in [-0.2, -0.15) is 0 Å². The average molecular weight is 442 g/mol. The first-order chi connectivity index (χ1) is 14.3. The molecule has 2 aromatic heterocycles. The highest BCUT2D eigenvalue weighted by atomic mass is 32.2. The standard InChI is InChI=1S/C21H23N5O2S2/c1-14-8-9-15(11-16(14)20(28)26(4)13-18(27)25(2)3)29-19-12-23-21(30-19)24-17-7-5-6-10-22-17/h5-12H,13H2,1-4H3,(H,22,23,24). The van der Waals surface area contributed by atoms with Crippen molar-refractivity contribution in [3.8, 4) is 0 Å². The number of aryl methyl sites for hydroxylation is 1. The number of benzene rings is 1. The molecule has 0 radical (unpaired) electrons. The highest BCUT2D eigenvalue weighted by molar-refractivity contribution is 8.01. The third kappa shape index (κ3) is 5.58. The Balaban J connectivity index is 1.71. The third-order valence-electron chi connectivity index (χ3n) is 4.26. The monoisotopic (exact) mass is 441 g/mol. The van der Waals surface area contributed by atoms with E-state index in [9.17, 15) is 9.59 Å². The van der Waals surface area contributed by atoms with Gasteiger partial charge in [0.05, 0.1) is 17.0 Å². The van der Waals surface area contributed by atoms with Crippen molar-refractivity contribution in [1.29, 1.82) is 0 Å². The van der Waals surface area contributed by atoms with E-state index in [1.807, 2.05) is 43.3 Å². The van der Waals surface area contributed by atoms with Crippen LogP contribution in [-0.4, -0.2) is 59.3 Å². The van der Waals surface area contributed by atoms with Crippen LogP contribution >= 0.6 is 23.1 Å². The fourth-order valence-corrected chi connectivity index (χ4v) is 4.44. The van der Waals surface area contributed by atoms with E-state index in [0.717, 1.165) is 25.6 Å². The summed E-state index contributed by atoms with van der Waals surface area (Å²) < 4.78 is 0.992. The van der Waals surface area contributed by atoms with E-state index in [2.05, 4.69) is 15.3 Å². The molecule has 2 heterocycles. The van der Waals surface area contributed by atoms with Gasteiger partial charge in [0.15, 0.2) is 5.13 Å². The summed E-state index contributed by atoms with van der Waals surface area (Å²) in [4.78, 5) is 37.3. The number of nitrogens with zero attached hydrogens (tertiary/aromatic N) is 4. The smallest absolute Gasteiger partial charge is 0.254 e. The molecule has 1 aromatic carbocycles. The number of likely N-dealkylation sites (N-methyl/N-ethyl adjacent to an activating group) is 2. The lowest BCUT2D eigenvalue weighted by molar-refractivity contribution is -0.129. The van der Waals surface area contributed by atoms with Crippen molar-refractivity contribution in [2.75, 3.05) is 33.0 Å². The maximum atomic E-state index is 12.9. The van der Waals surface area contributed by atoms with Crippen LogP contribution in [0.15, 0.2) is 57.9 Å². The van der Waals surface area contributed by atoms with E-state index in [-0.39, 0.29) is 18.4 Å². The Bertz CT molecular complexity index is 1040. The lowest BCUT2D eigenvalue weighted by atomic mass is 10.1. The van der Waals surface area contributed by atoms with Crippen LogP contribution in [0.4, 0.5) is 10.9 Å². The molecule has 0 spiro atoms. The Morgan fingerprint density at radius 3 is 2.63 bits per heavy atom. The molecule has 0 atom stereocenters. The zero-order valence-corrected chi connectivity index (χ0v) is 18.9. The Kier molecular flexibility index (Phi) is 7.07. The van der Waals surface area contributed by atoms with Gasteiger partial charge in [0.25, 0.3) is 5.91 Å². The van der Waals surface area contributed by atoms with Crippen LogP contribution in [0.3, 0.4) is 0 Å². The summed E-state index contributed by atoms with van der Waals surface area (Å²) in [5.74, 6) is 0.445. The maximum absolute atomic E-state index is 12.9. The summed E-state index contributed by atoms with van der Waals surface area (Å²) in [7, 11) is 4.99. The number of hydrogen-bond donors (Lipinski definition) is 1. The minimum absolute atomic E-state index is 0.0417. The van der Waals surface area contributed by atoms with Gasteiger partial charge in [-0.3, -0.25) is 9.59 Å². The van der Waals surface area contributed by atoms with Gasteiger partial charge in [-0.15, -0.1) is 0 Å². The van der Waals surface area contributed by atoms with Crippen molar-refractivity contribution in [3.63, 3.8) is 0 Å². The molecule has 0 aliphatic rings. The second kappa shape index (κ2) is 9.73. The molecule has 9 heteroatoms. The van der Waals surface area contributed by atoms with E-state index in [4.69, 9.17) is 0 Å². The molecule has 0 saturated heterocycles. The molecule has 0 fully saturated rings. The quantitative estimate of drug-likeness (QED) is 0.599. The highest BCUT2D eigenvalue weighted by Crippen LogP contribution is 2.35. The largest absolute Gasteiger partial charge is 0.347 e. The maximum Gasteiger partial charge on any atom is 0.254 e. The van der Waals surface area contributed by atoms with Crippen LogP contribution in [0.2, 0.25) is 0 Å². The predicted octanol–water partition coefficient (Wildman–Crippen LogP) is 3.90. The normalized spacial score (nSPS) is 10.5. The van der Waals surface area contributed by atoms with Crippen molar-refractivity contribution in [3.05, 3.63) is 59.9 Å². The summed E-state index contributed by atoms with van der Waals surface area (Å²) in [6.07, 6.45) is 3.52. The zero-order chi connectivity index (χ0) is 21.7. The van der Waals surface area contributed by atoms with Gasteiger partial charge in [-0.05, 0) is 36.8 Å². The van der Waals surface area contributed by atoms with E-state index in [1.165, 1.54) is 32.9 Å². The minimum atomic E-state index is -0.174. The summed E-state index contributed by atoms with van der Waals surface area (Å²) >= 11 is 3.05. The molecule has 0 aliphatic heterocycles. The number of thiazole rings is 1. The Morgan fingerprint density at radius 2 is 1.93 bits per heavy atom. The topological polar surface area (TPSA) is 78.4 Å². The third-order valence-corrected chi connectivity index (χ3v) is 6.26. The molecule has 0 aliphatic carbocycles. The number of carbonyl (C=O) groups is 2. The molecular formula is C21H23N5O2S2. The minimum Gasteiger partial charge on any atom is -0.347 e. The zero-order valence-electron chi connectivity index (χ0n) is 17.2. The van der Waals surface area contributed by atoms with Crippen LogP contribution in [-0.2, 0) is 4.79 Å². The van der Waals surface area contributed by atoms with E-state index in [1.54, 1.807) is 33.5 Å². The van der Waals surface area contributed by atoms with Crippen molar-refractivity contribution in [1.82, 2.24) is 19.8 Å². The molecule has 3 rings (SSSR count). The number of aromatic nitrogens is 2. The molecule has 3 aromatic rings. The number of hydrogen-bond acceptors (Lipinski definition) is 7. The van der Waals surface area contributed by atoms with Gasteiger partial charge in [-0.25, -0.2) is 9.97 Å². The second-order valence-electron chi connectivity index (χ2n) is 6.85. The molecule has 0 unspecified atom stereocenters. The van der Waals surface area contributed by atoms with Gasteiger partial charge in [0.1, 0.15) is 5.82 Å². The fourth-order valence-electron chi connectivity index (χ4n) is 2.54. The van der Waals surface area contributed by atoms with Gasteiger partial charge >= 0.3 is 0 Å². The molecule has 7 nitrogen and oxygen atoms in total. The van der Waals surface area contributed by atoms with Crippen molar-refractivity contribution in [2.45, 2.75) is 16.0 Å². The predicted molar refractivity (Wildman–Crippen MR) is 121 cm³/mol. The lowest BCUT2D eigenvalue weighted by Crippen LogP contribution is -2.38. The Labute approximate surface area is 184 Å². The van der Waals surface area contributed by atoms with Gasteiger partial charge in [-0.1, -0.05) is 35.2 Å². The number of anilines is 2. The van der Waals surface area contributed by atoms with E-state index in [0.29, 0.717) is 5.56 Å². The number of carbonyl (C=O) groups excluding carboxylic acids is 2. The van der Waals surface area contributed by atoms with Crippen molar-refractivity contribution >= 4 is 45.9 Å². The first kappa shape index (κ1) is 21.8. The summed E-state index contributed by atoms with van der Waals surface area (Å²) in [5, 5.41) is 3.93. The number of amides is 2. The lowest BCUT2D eigenvalue weighted by Gasteiger charge is -2.20. The van der Waals surface area contributed by atoms with Gasteiger partial charge in [0, 0.05) is 37.8 Å². The average Bonchev–Trinajstić information content (AvgIpc) is 3.16. The Morgan fingerprint density at radius 1 is 1.13 bits per heavy atom. The number of pyridine rings is 1. The van der Waals surface area contributed by atoms with Crippen LogP contribution in [0.5, 0.6) is 0 Å². The summed E-state index contributed by atoms with van der Waals surface area (Å²) in [5.41, 5.74) is 1.46. The summed E-state index contributed by atoms with van der Waals surface area (Å²) in [6, 6.07) is 11.4. The molecular weight excluding hydrogens is 418 g/mol. The molecule has 0 saturated carbocycles. The fraction of sp³-hybridized carbons (Fsp3) is 0.238. The SMILES string of the molecule is Cc1ccc(Sc2cnc(Nc3ccccn3)s2)cc1C(=O)N(C)CC(=O)N(C)C. The molecule has 156 valence electrons. The second-order valence-corrected chi connectivity index (χ2v) is 9.26. The van der Waals surface area contributed by atoms with Crippen molar-refractivity contribution in [2.24, 2.45) is 0 Å². The Hall–Kier alpha value is -2.91. The molecule has 0 bridgehead atoms. The molecule has 2 amide bonds. The first-order valence-corrected chi connectivity index (χ1v) is 10.8. The number of rotatable bonds is 7. The van der Waals surface area contributed by atoms with Crippen LogP contribution in [0.1, 0.15) is 15.9 Å². The van der Waals surface area contributed by atoms with E-state index < -0.39 is 0 Å². The van der Waals surface area contributed by atoms with Gasteiger partial charge < -0.3 is 15.1 Å². The van der Waals surface area contributed by atoms with E-state index >= 15 is 0 Å². The van der Waals surface area contributed by atoms with Gasteiger partial charge in [0.2, 0.25) is 5.91 Å². The highest BCUT2D eigenvalue weighted by Gasteiger charge is 2.18. The molecule has 1 N–H and O–H groups in total. The van der Waals surface area contributed by atoms with Crippen molar-refractivity contribution < 1.29 is 9.59 Å². The van der Waals surface area contributed by atoms with Crippen LogP contribution in [0, 0.1) is 6.92 Å².